The number of aromatic nitrogens is 1. The molecular weight excluding hydrogens is 500 g/mol. The lowest BCUT2D eigenvalue weighted by Crippen LogP contribution is -2.33. The van der Waals surface area contributed by atoms with Crippen LogP contribution in [0.1, 0.15) is 22.6 Å². The van der Waals surface area contributed by atoms with Crippen LogP contribution in [0.4, 0.5) is 0 Å². The maximum Gasteiger partial charge on any atom is 0.269 e. The molecular formula is C22H18BrClN4O4. The molecule has 32 heavy (non-hydrogen) atoms. The van der Waals surface area contributed by atoms with Crippen LogP contribution in [0.5, 0.6) is 0 Å². The Labute approximate surface area is 197 Å². The van der Waals surface area contributed by atoms with Crippen molar-refractivity contribution in [2.45, 2.75) is 20.1 Å². The average molecular weight is 518 g/mol. The summed E-state index contributed by atoms with van der Waals surface area (Å²) in [7, 11) is 1.47. The largest absolute Gasteiger partial charge is 0.455 e. The van der Waals surface area contributed by atoms with Gasteiger partial charge in [-0.1, -0.05) is 11.6 Å². The molecule has 0 saturated heterocycles. The second-order valence-corrected chi connectivity index (χ2v) is 7.92. The van der Waals surface area contributed by atoms with Crippen LogP contribution in [-0.4, -0.2) is 23.8 Å². The predicted molar refractivity (Wildman–Crippen MR) is 123 cm³/mol. The smallest absolute Gasteiger partial charge is 0.269 e. The molecule has 1 N–H and O–H groups in total. The number of carbonyl (C=O) groups excluding carboxylic acids is 1. The summed E-state index contributed by atoms with van der Waals surface area (Å²) in [5.74, 6) is 0.523. The molecule has 0 bridgehead atoms. The number of ether oxygens (including phenoxy) is 1. The Morgan fingerprint density at radius 3 is 2.72 bits per heavy atom. The van der Waals surface area contributed by atoms with Gasteiger partial charge in [0.2, 0.25) is 0 Å². The molecule has 0 saturated carbocycles. The van der Waals surface area contributed by atoms with E-state index in [4.69, 9.17) is 20.8 Å². The van der Waals surface area contributed by atoms with E-state index in [1.165, 1.54) is 17.9 Å². The van der Waals surface area contributed by atoms with Crippen LogP contribution in [0.3, 0.4) is 0 Å². The fourth-order valence-corrected chi connectivity index (χ4v) is 3.64. The Kier molecular flexibility index (Phi) is 7.64. The Hall–Kier alpha value is -3.19. The van der Waals surface area contributed by atoms with Gasteiger partial charge in [-0.25, -0.2) is 5.43 Å². The van der Waals surface area contributed by atoms with Crippen molar-refractivity contribution in [1.82, 2.24) is 9.99 Å². The number of amides is 1. The van der Waals surface area contributed by atoms with Crippen molar-refractivity contribution in [3.8, 4) is 17.4 Å². The van der Waals surface area contributed by atoms with Crippen molar-refractivity contribution in [1.29, 1.82) is 5.26 Å². The third-order valence-electron chi connectivity index (χ3n) is 4.59. The fraction of sp³-hybridized carbons (Fsp3) is 0.182. The summed E-state index contributed by atoms with van der Waals surface area (Å²) in [5.41, 5.74) is 3.50. The van der Waals surface area contributed by atoms with Gasteiger partial charge in [0, 0.05) is 33.4 Å². The zero-order valence-corrected chi connectivity index (χ0v) is 19.5. The van der Waals surface area contributed by atoms with Crippen LogP contribution in [0, 0.1) is 18.3 Å². The molecule has 0 radical (unpaired) electrons. The number of hydrogen-bond donors (Lipinski definition) is 1. The highest BCUT2D eigenvalue weighted by molar-refractivity contribution is 9.10. The topological polar surface area (TPSA) is 110 Å². The minimum absolute atomic E-state index is 0.0778. The number of hydrazone groups is 1. The van der Waals surface area contributed by atoms with Gasteiger partial charge >= 0.3 is 0 Å². The van der Waals surface area contributed by atoms with Crippen LogP contribution in [0.15, 0.2) is 55.2 Å². The number of halogens is 2. The Morgan fingerprint density at radius 2 is 2.06 bits per heavy atom. The zero-order chi connectivity index (χ0) is 23.3. The third-order valence-corrected chi connectivity index (χ3v) is 5.89. The van der Waals surface area contributed by atoms with E-state index in [-0.39, 0.29) is 18.7 Å². The summed E-state index contributed by atoms with van der Waals surface area (Å²) >= 11 is 9.27. The van der Waals surface area contributed by atoms with E-state index < -0.39 is 11.5 Å². The lowest BCUT2D eigenvalue weighted by molar-refractivity contribution is -0.121. The SMILES string of the molecule is COCc1c(Br)c(C)n(CC(=O)NN=Cc2ccc(-c3ccc(Cl)cc3)o2)c(=O)c1C#N. The normalized spacial score (nSPS) is 11.0. The highest BCUT2D eigenvalue weighted by atomic mass is 79.9. The molecule has 1 amide bonds. The number of benzene rings is 1. The van der Waals surface area contributed by atoms with Gasteiger partial charge in [-0.15, -0.1) is 0 Å². The number of pyridine rings is 1. The summed E-state index contributed by atoms with van der Waals surface area (Å²) in [6.45, 7) is 1.46. The number of methoxy groups -OCH3 is 1. The summed E-state index contributed by atoms with van der Waals surface area (Å²) in [6.07, 6.45) is 1.35. The molecule has 3 aromatic rings. The lowest BCUT2D eigenvalue weighted by atomic mass is 10.1. The zero-order valence-electron chi connectivity index (χ0n) is 17.2. The Balaban J connectivity index is 1.71. The average Bonchev–Trinajstić information content (AvgIpc) is 3.24. The van der Waals surface area contributed by atoms with Gasteiger partial charge in [0.05, 0.1) is 12.8 Å². The van der Waals surface area contributed by atoms with E-state index in [9.17, 15) is 14.9 Å². The first-order chi connectivity index (χ1) is 15.3. The van der Waals surface area contributed by atoms with E-state index in [2.05, 4.69) is 26.5 Å². The number of carbonyl (C=O) groups is 1. The van der Waals surface area contributed by atoms with Gasteiger partial charge in [0.1, 0.15) is 29.7 Å². The van der Waals surface area contributed by atoms with Crippen molar-refractivity contribution >= 4 is 39.7 Å². The number of nitrogens with zero attached hydrogens (tertiary/aromatic N) is 3. The number of furan rings is 1. The van der Waals surface area contributed by atoms with Crippen molar-refractivity contribution in [3.63, 3.8) is 0 Å². The second-order valence-electron chi connectivity index (χ2n) is 6.69. The number of hydrogen-bond acceptors (Lipinski definition) is 6. The van der Waals surface area contributed by atoms with Crippen molar-refractivity contribution in [2.75, 3.05) is 7.11 Å². The van der Waals surface area contributed by atoms with Gasteiger partial charge in [0.15, 0.2) is 0 Å². The van der Waals surface area contributed by atoms with E-state index >= 15 is 0 Å². The van der Waals surface area contributed by atoms with Gasteiger partial charge in [-0.05, 0) is 59.3 Å². The van der Waals surface area contributed by atoms with Crippen molar-refractivity contribution < 1.29 is 13.9 Å². The molecule has 2 heterocycles. The Morgan fingerprint density at radius 1 is 1.34 bits per heavy atom. The van der Waals surface area contributed by atoms with Crippen LogP contribution < -0.4 is 11.0 Å². The maximum atomic E-state index is 12.7. The molecule has 1 aromatic carbocycles. The first-order valence-corrected chi connectivity index (χ1v) is 10.5. The van der Waals surface area contributed by atoms with E-state index in [0.717, 1.165) is 5.56 Å². The molecule has 8 nitrogen and oxygen atoms in total. The summed E-state index contributed by atoms with van der Waals surface area (Å²) in [5, 5.41) is 13.9. The van der Waals surface area contributed by atoms with Gasteiger partial charge in [-0.3, -0.25) is 9.59 Å². The van der Waals surface area contributed by atoms with Crippen LogP contribution >= 0.6 is 27.5 Å². The molecule has 0 aliphatic carbocycles. The first-order valence-electron chi connectivity index (χ1n) is 9.34. The van der Waals surface area contributed by atoms with Gasteiger partial charge in [-0.2, -0.15) is 10.4 Å². The summed E-state index contributed by atoms with van der Waals surface area (Å²) in [6, 6.07) is 12.5. The number of rotatable bonds is 7. The Bertz CT molecular complexity index is 1270. The van der Waals surface area contributed by atoms with Crippen LogP contribution in [0.25, 0.3) is 11.3 Å². The standard InChI is InChI=1S/C22H18BrClN4O4/c1-13-21(23)18(12-31-2)17(9-25)22(30)28(13)11-20(29)27-26-10-16-7-8-19(32-16)14-3-5-15(24)6-4-14/h3-8,10H,11-12H2,1-2H3,(H,27,29). The quantitative estimate of drug-likeness (QED) is 0.376. The first kappa shape index (κ1) is 23.5. The lowest BCUT2D eigenvalue weighted by Gasteiger charge is -2.15. The molecule has 0 spiro atoms. The molecule has 0 atom stereocenters. The summed E-state index contributed by atoms with van der Waals surface area (Å²) < 4.78 is 12.5. The minimum Gasteiger partial charge on any atom is -0.455 e. The molecule has 164 valence electrons. The molecule has 0 fully saturated rings. The number of nitrogens with one attached hydrogen (secondary N) is 1. The molecule has 3 rings (SSSR count). The summed E-state index contributed by atoms with van der Waals surface area (Å²) in [4.78, 5) is 25.0. The fourth-order valence-electron chi connectivity index (χ4n) is 2.99. The molecule has 2 aromatic heterocycles. The van der Waals surface area contributed by atoms with E-state index in [1.54, 1.807) is 31.2 Å². The monoisotopic (exact) mass is 516 g/mol. The van der Waals surface area contributed by atoms with Crippen molar-refractivity contribution in [2.24, 2.45) is 5.10 Å². The van der Waals surface area contributed by atoms with Crippen LogP contribution in [0.2, 0.25) is 5.02 Å². The third kappa shape index (κ3) is 5.16. The van der Waals surface area contributed by atoms with Crippen LogP contribution in [-0.2, 0) is 22.7 Å². The van der Waals surface area contributed by atoms with Gasteiger partial charge in [0.25, 0.3) is 11.5 Å². The van der Waals surface area contributed by atoms with E-state index in [1.807, 2.05) is 18.2 Å². The number of nitriles is 1. The molecule has 0 aliphatic heterocycles. The highest BCUT2D eigenvalue weighted by Gasteiger charge is 2.19. The maximum absolute atomic E-state index is 12.7. The predicted octanol–water partition coefficient (Wildman–Crippen LogP) is 4.00. The highest BCUT2D eigenvalue weighted by Crippen LogP contribution is 2.24. The van der Waals surface area contributed by atoms with Crippen molar-refractivity contribution in [3.05, 3.63) is 78.8 Å². The minimum atomic E-state index is -0.571. The molecule has 10 heteroatoms. The van der Waals surface area contributed by atoms with E-state index in [0.29, 0.717) is 32.3 Å². The molecule has 0 aliphatic rings. The molecule has 0 unspecified atom stereocenters. The van der Waals surface area contributed by atoms with Gasteiger partial charge < -0.3 is 13.7 Å². The second kappa shape index (κ2) is 10.4.